The first kappa shape index (κ1) is 22.6. The first-order valence-electron chi connectivity index (χ1n) is 9.76. The lowest BCUT2D eigenvalue weighted by Gasteiger charge is -2.33. The highest BCUT2D eigenvalue weighted by molar-refractivity contribution is 5.88. The van der Waals surface area contributed by atoms with Gasteiger partial charge in [-0.05, 0) is 36.8 Å². The van der Waals surface area contributed by atoms with Gasteiger partial charge in [-0.1, -0.05) is 81.4 Å². The Kier molecular flexibility index (Phi) is 6.85. The molecule has 0 aliphatic heterocycles. The van der Waals surface area contributed by atoms with E-state index in [1.807, 2.05) is 13.8 Å². The Morgan fingerprint density at radius 1 is 0.862 bits per heavy atom. The molecule has 156 valence electrons. The van der Waals surface area contributed by atoms with Crippen molar-refractivity contribution < 1.29 is 19.4 Å². The van der Waals surface area contributed by atoms with Crippen LogP contribution in [0.15, 0.2) is 60.7 Å². The SMILES string of the molecule is CC(C)(C)CC(C)(C)NC(=O)COC(=O)C(O)(c1ccccc1)c1ccccc1. The molecule has 2 aromatic rings. The Labute approximate surface area is 173 Å². The number of ether oxygens (including phenoxy) is 1. The van der Waals surface area contributed by atoms with Gasteiger partial charge in [0.25, 0.3) is 5.91 Å². The van der Waals surface area contributed by atoms with Crippen molar-refractivity contribution in [3.05, 3.63) is 71.8 Å². The zero-order valence-corrected chi connectivity index (χ0v) is 17.9. The van der Waals surface area contributed by atoms with Crippen molar-refractivity contribution in [3.8, 4) is 0 Å². The number of hydrogen-bond donors (Lipinski definition) is 2. The molecular weight excluding hydrogens is 366 g/mol. The van der Waals surface area contributed by atoms with E-state index in [4.69, 9.17) is 4.74 Å². The predicted octanol–water partition coefficient (Wildman–Crippen LogP) is 3.80. The van der Waals surface area contributed by atoms with E-state index < -0.39 is 29.6 Å². The van der Waals surface area contributed by atoms with Crippen LogP contribution in [0.3, 0.4) is 0 Å². The lowest BCUT2D eigenvalue weighted by Crippen LogP contribution is -2.48. The third-order valence-electron chi connectivity index (χ3n) is 4.46. The summed E-state index contributed by atoms with van der Waals surface area (Å²) in [7, 11) is 0. The Bertz CT molecular complexity index is 783. The monoisotopic (exact) mass is 397 g/mol. The minimum atomic E-state index is -2.00. The Balaban J connectivity index is 2.15. The van der Waals surface area contributed by atoms with Gasteiger partial charge in [0, 0.05) is 5.54 Å². The van der Waals surface area contributed by atoms with E-state index in [0.717, 1.165) is 6.42 Å². The van der Waals surface area contributed by atoms with Crippen LogP contribution in [0.2, 0.25) is 0 Å². The molecule has 0 aromatic heterocycles. The lowest BCUT2D eigenvalue weighted by atomic mass is 9.82. The first-order chi connectivity index (χ1) is 13.4. The quantitative estimate of drug-likeness (QED) is 0.697. The number of rotatable bonds is 7. The number of carbonyl (C=O) groups excluding carboxylic acids is 2. The third kappa shape index (κ3) is 6.16. The highest BCUT2D eigenvalue weighted by atomic mass is 16.6. The maximum atomic E-state index is 12.9. The van der Waals surface area contributed by atoms with E-state index in [2.05, 4.69) is 26.1 Å². The van der Waals surface area contributed by atoms with E-state index in [-0.39, 0.29) is 5.41 Å². The van der Waals surface area contributed by atoms with Crippen molar-refractivity contribution in [2.75, 3.05) is 6.61 Å². The van der Waals surface area contributed by atoms with Gasteiger partial charge in [0.15, 0.2) is 6.61 Å². The summed E-state index contributed by atoms with van der Waals surface area (Å²) in [6, 6.07) is 17.1. The molecule has 2 aromatic carbocycles. The van der Waals surface area contributed by atoms with Gasteiger partial charge in [-0.25, -0.2) is 4.79 Å². The molecule has 29 heavy (non-hydrogen) atoms. The summed E-state index contributed by atoms with van der Waals surface area (Å²) in [4.78, 5) is 25.3. The topological polar surface area (TPSA) is 75.6 Å². The van der Waals surface area contributed by atoms with Crippen molar-refractivity contribution in [2.45, 2.75) is 52.2 Å². The smallest absolute Gasteiger partial charge is 0.348 e. The molecule has 1 amide bonds. The van der Waals surface area contributed by atoms with E-state index in [9.17, 15) is 14.7 Å². The number of esters is 1. The number of hydrogen-bond acceptors (Lipinski definition) is 4. The number of benzene rings is 2. The van der Waals surface area contributed by atoms with Crippen LogP contribution in [0.5, 0.6) is 0 Å². The fraction of sp³-hybridized carbons (Fsp3) is 0.417. The van der Waals surface area contributed by atoms with Crippen LogP contribution in [0.1, 0.15) is 52.2 Å². The largest absolute Gasteiger partial charge is 0.453 e. The van der Waals surface area contributed by atoms with E-state index in [1.165, 1.54) is 0 Å². The van der Waals surface area contributed by atoms with Gasteiger partial charge in [0.2, 0.25) is 5.60 Å². The molecule has 0 spiro atoms. The fourth-order valence-electron chi connectivity index (χ4n) is 3.78. The summed E-state index contributed by atoms with van der Waals surface area (Å²) < 4.78 is 5.25. The second-order valence-electron chi connectivity index (χ2n) is 9.19. The van der Waals surface area contributed by atoms with Crippen molar-refractivity contribution in [1.29, 1.82) is 0 Å². The molecule has 0 aliphatic carbocycles. The van der Waals surface area contributed by atoms with Gasteiger partial charge in [0.05, 0.1) is 0 Å². The van der Waals surface area contributed by atoms with Crippen molar-refractivity contribution in [1.82, 2.24) is 5.32 Å². The molecule has 0 saturated heterocycles. The predicted molar refractivity (Wildman–Crippen MR) is 113 cm³/mol. The van der Waals surface area contributed by atoms with E-state index in [1.54, 1.807) is 60.7 Å². The van der Waals surface area contributed by atoms with Crippen LogP contribution in [0, 0.1) is 5.41 Å². The molecule has 0 atom stereocenters. The molecule has 5 nitrogen and oxygen atoms in total. The molecule has 5 heteroatoms. The third-order valence-corrected chi connectivity index (χ3v) is 4.46. The van der Waals surface area contributed by atoms with Gasteiger partial charge in [-0.15, -0.1) is 0 Å². The zero-order valence-electron chi connectivity index (χ0n) is 17.9. The van der Waals surface area contributed by atoms with Gasteiger partial charge >= 0.3 is 5.97 Å². The lowest BCUT2D eigenvalue weighted by molar-refractivity contribution is -0.165. The fourth-order valence-corrected chi connectivity index (χ4v) is 3.78. The minimum absolute atomic E-state index is 0.0360. The molecule has 0 fully saturated rings. The van der Waals surface area contributed by atoms with E-state index >= 15 is 0 Å². The Morgan fingerprint density at radius 3 is 1.72 bits per heavy atom. The molecule has 0 saturated carbocycles. The molecule has 0 heterocycles. The van der Waals surface area contributed by atoms with Crippen LogP contribution in [0.25, 0.3) is 0 Å². The van der Waals surface area contributed by atoms with Crippen LogP contribution in [0.4, 0.5) is 0 Å². The summed E-state index contributed by atoms with van der Waals surface area (Å²) >= 11 is 0. The maximum Gasteiger partial charge on any atom is 0.348 e. The van der Waals surface area contributed by atoms with Crippen LogP contribution >= 0.6 is 0 Å². The Hall–Kier alpha value is -2.66. The molecular formula is C24H31NO4. The van der Waals surface area contributed by atoms with Crippen molar-refractivity contribution in [2.24, 2.45) is 5.41 Å². The molecule has 2 rings (SSSR count). The van der Waals surface area contributed by atoms with Gasteiger partial charge in [-0.3, -0.25) is 4.79 Å². The van der Waals surface area contributed by atoms with Crippen LogP contribution in [-0.4, -0.2) is 29.1 Å². The van der Waals surface area contributed by atoms with Gasteiger partial charge in [0.1, 0.15) is 0 Å². The number of aliphatic hydroxyl groups is 1. The number of amides is 1. The number of nitrogens with one attached hydrogen (secondary N) is 1. The molecule has 0 aliphatic rings. The summed E-state index contributed by atoms with van der Waals surface area (Å²) in [5, 5.41) is 14.2. The second kappa shape index (κ2) is 8.78. The summed E-state index contributed by atoms with van der Waals surface area (Å²) in [6.45, 7) is 9.70. The minimum Gasteiger partial charge on any atom is -0.453 e. The van der Waals surface area contributed by atoms with E-state index in [0.29, 0.717) is 11.1 Å². The van der Waals surface area contributed by atoms with Crippen LogP contribution in [-0.2, 0) is 19.9 Å². The second-order valence-corrected chi connectivity index (χ2v) is 9.19. The Morgan fingerprint density at radius 2 is 1.31 bits per heavy atom. The van der Waals surface area contributed by atoms with Gasteiger partial charge in [-0.2, -0.15) is 0 Å². The molecule has 2 N–H and O–H groups in total. The maximum absolute atomic E-state index is 12.9. The average molecular weight is 398 g/mol. The summed E-state index contributed by atoms with van der Waals surface area (Å²) in [5.74, 6) is -1.30. The van der Waals surface area contributed by atoms with Gasteiger partial charge < -0.3 is 15.2 Å². The highest BCUT2D eigenvalue weighted by Crippen LogP contribution is 2.31. The highest BCUT2D eigenvalue weighted by Gasteiger charge is 2.42. The average Bonchev–Trinajstić information content (AvgIpc) is 2.64. The van der Waals surface area contributed by atoms with Crippen LogP contribution < -0.4 is 5.32 Å². The normalized spacial score (nSPS) is 12.3. The molecule has 0 unspecified atom stereocenters. The molecule has 0 radical (unpaired) electrons. The standard InChI is InChI=1S/C24H31NO4/c1-22(2,3)17-23(4,5)25-20(26)16-29-21(27)24(28,18-12-8-6-9-13-18)19-14-10-7-11-15-19/h6-15,28H,16-17H2,1-5H3,(H,25,26). The zero-order chi connectivity index (χ0) is 21.7. The van der Waals surface area contributed by atoms with Crippen molar-refractivity contribution >= 4 is 11.9 Å². The summed E-state index contributed by atoms with van der Waals surface area (Å²) in [6.07, 6.45) is 0.762. The first-order valence-corrected chi connectivity index (χ1v) is 9.76. The van der Waals surface area contributed by atoms with Crippen molar-refractivity contribution in [3.63, 3.8) is 0 Å². The summed E-state index contributed by atoms with van der Waals surface area (Å²) in [5.41, 5.74) is -1.65. The number of carbonyl (C=O) groups is 2. The molecule has 0 bridgehead atoms.